The van der Waals surface area contributed by atoms with Crippen LogP contribution in [0.15, 0.2) is 64.4 Å². The Balaban J connectivity index is 1.95. The quantitative estimate of drug-likeness (QED) is 0.838. The molecular weight excluding hydrogens is 268 g/mol. The molecule has 0 N–H and O–H groups in total. The van der Waals surface area contributed by atoms with Gasteiger partial charge < -0.3 is 0 Å². The molecule has 0 atom stereocenters. The van der Waals surface area contributed by atoms with Gasteiger partial charge in [0.1, 0.15) is 0 Å². The van der Waals surface area contributed by atoms with Crippen molar-refractivity contribution in [2.75, 3.05) is 0 Å². The van der Waals surface area contributed by atoms with Crippen LogP contribution in [-0.2, 0) is 9.84 Å². The second-order valence-corrected chi connectivity index (χ2v) is 6.75. The summed E-state index contributed by atoms with van der Waals surface area (Å²) >= 11 is 0. The molecule has 1 heterocycles. The first-order valence-electron chi connectivity index (χ1n) is 6.38. The second-order valence-electron chi connectivity index (χ2n) is 4.83. The molecule has 0 aliphatic carbocycles. The van der Waals surface area contributed by atoms with Crippen molar-refractivity contribution in [1.82, 2.24) is 0 Å². The standard InChI is InChI=1S/C17H14O2S/c1-13-6-8-14(9-7-13)10-11-16-12-15-4-2-3-5-17(15)20(16,18)19/h2-12H,1H3/b11-10+. The smallest absolute Gasteiger partial charge is 0.207 e. The van der Waals surface area contributed by atoms with Crippen molar-refractivity contribution in [1.29, 1.82) is 0 Å². The van der Waals surface area contributed by atoms with E-state index in [1.54, 1.807) is 24.3 Å². The number of hydrogen-bond donors (Lipinski definition) is 0. The lowest BCUT2D eigenvalue weighted by Gasteiger charge is -1.99. The van der Waals surface area contributed by atoms with E-state index in [0.29, 0.717) is 9.80 Å². The van der Waals surface area contributed by atoms with Crippen molar-refractivity contribution in [3.05, 3.63) is 76.2 Å². The number of fused-ring (bicyclic) bond motifs is 1. The molecule has 0 fully saturated rings. The van der Waals surface area contributed by atoms with Gasteiger partial charge in [0.2, 0.25) is 9.84 Å². The third-order valence-electron chi connectivity index (χ3n) is 3.33. The van der Waals surface area contributed by atoms with E-state index in [2.05, 4.69) is 0 Å². The largest absolute Gasteiger partial charge is 0.218 e. The van der Waals surface area contributed by atoms with Gasteiger partial charge in [0.15, 0.2) is 0 Å². The Labute approximate surface area is 119 Å². The number of sulfone groups is 1. The van der Waals surface area contributed by atoms with Crippen LogP contribution in [0.2, 0.25) is 0 Å². The molecule has 0 amide bonds. The lowest BCUT2D eigenvalue weighted by Crippen LogP contribution is -1.98. The van der Waals surface area contributed by atoms with Crippen molar-refractivity contribution < 1.29 is 8.42 Å². The molecule has 0 aromatic heterocycles. The third kappa shape index (κ3) is 2.21. The first-order chi connectivity index (χ1) is 9.57. The van der Waals surface area contributed by atoms with Crippen LogP contribution in [-0.4, -0.2) is 8.42 Å². The lowest BCUT2D eigenvalue weighted by atomic mass is 10.1. The van der Waals surface area contributed by atoms with Crippen molar-refractivity contribution in [3.8, 4) is 0 Å². The fraction of sp³-hybridized carbons (Fsp3) is 0.0588. The van der Waals surface area contributed by atoms with E-state index >= 15 is 0 Å². The SMILES string of the molecule is Cc1ccc(/C=C/C2=Cc3ccccc3S2(=O)=O)cc1. The Kier molecular flexibility index (Phi) is 3.07. The maximum atomic E-state index is 12.3. The van der Waals surface area contributed by atoms with E-state index in [9.17, 15) is 8.42 Å². The molecule has 2 aromatic carbocycles. The minimum Gasteiger partial charge on any atom is -0.218 e. The molecule has 3 rings (SSSR count). The molecule has 0 saturated heterocycles. The molecule has 1 aliphatic rings. The molecule has 2 aromatic rings. The van der Waals surface area contributed by atoms with Crippen LogP contribution >= 0.6 is 0 Å². The molecule has 2 nitrogen and oxygen atoms in total. The molecule has 0 spiro atoms. The van der Waals surface area contributed by atoms with E-state index in [-0.39, 0.29) is 0 Å². The van der Waals surface area contributed by atoms with Gasteiger partial charge in [-0.15, -0.1) is 0 Å². The normalized spacial score (nSPS) is 16.1. The predicted molar refractivity (Wildman–Crippen MR) is 81.8 cm³/mol. The molecule has 0 saturated carbocycles. The summed E-state index contributed by atoms with van der Waals surface area (Å²) in [6.45, 7) is 2.02. The summed E-state index contributed by atoms with van der Waals surface area (Å²) < 4.78 is 24.7. The second kappa shape index (κ2) is 4.76. The first kappa shape index (κ1) is 12.9. The topological polar surface area (TPSA) is 34.1 Å². The highest BCUT2D eigenvalue weighted by molar-refractivity contribution is 7.96. The van der Waals surface area contributed by atoms with Gasteiger partial charge >= 0.3 is 0 Å². The van der Waals surface area contributed by atoms with E-state index in [1.165, 1.54) is 5.56 Å². The highest BCUT2D eigenvalue weighted by Crippen LogP contribution is 2.33. The van der Waals surface area contributed by atoms with Crippen LogP contribution in [0.5, 0.6) is 0 Å². The van der Waals surface area contributed by atoms with Crippen LogP contribution in [0.4, 0.5) is 0 Å². The summed E-state index contributed by atoms with van der Waals surface area (Å²) in [6.07, 6.45) is 5.21. The first-order valence-corrected chi connectivity index (χ1v) is 7.86. The monoisotopic (exact) mass is 282 g/mol. The van der Waals surface area contributed by atoms with Gasteiger partial charge in [-0.05, 0) is 36.3 Å². The van der Waals surface area contributed by atoms with Crippen LogP contribution in [0.1, 0.15) is 16.7 Å². The predicted octanol–water partition coefficient (Wildman–Crippen LogP) is 3.84. The third-order valence-corrected chi connectivity index (χ3v) is 5.16. The van der Waals surface area contributed by atoms with E-state index in [1.807, 2.05) is 49.4 Å². The molecule has 0 bridgehead atoms. The summed E-state index contributed by atoms with van der Waals surface area (Å²) in [7, 11) is -3.35. The molecule has 3 heteroatoms. The molecule has 20 heavy (non-hydrogen) atoms. The van der Waals surface area contributed by atoms with Crippen molar-refractivity contribution in [2.24, 2.45) is 0 Å². The Morgan fingerprint density at radius 1 is 0.900 bits per heavy atom. The Morgan fingerprint density at radius 3 is 2.30 bits per heavy atom. The molecule has 100 valence electrons. The van der Waals surface area contributed by atoms with Crippen LogP contribution in [0, 0.1) is 6.92 Å². The van der Waals surface area contributed by atoms with Crippen molar-refractivity contribution in [3.63, 3.8) is 0 Å². The lowest BCUT2D eigenvalue weighted by molar-refractivity contribution is 0.604. The average molecular weight is 282 g/mol. The van der Waals surface area contributed by atoms with Crippen molar-refractivity contribution in [2.45, 2.75) is 11.8 Å². The fourth-order valence-electron chi connectivity index (χ4n) is 2.20. The minimum absolute atomic E-state index is 0.347. The Hall–Kier alpha value is -2.13. The zero-order valence-electron chi connectivity index (χ0n) is 11.1. The zero-order valence-corrected chi connectivity index (χ0v) is 11.9. The minimum atomic E-state index is -3.35. The highest BCUT2D eigenvalue weighted by Gasteiger charge is 2.27. The number of hydrogen-bond acceptors (Lipinski definition) is 2. The van der Waals surface area contributed by atoms with Gasteiger partial charge in [-0.1, -0.05) is 54.1 Å². The fourth-order valence-corrected chi connectivity index (χ4v) is 3.67. The van der Waals surface area contributed by atoms with Gasteiger partial charge in [0.05, 0.1) is 9.80 Å². The molecule has 1 aliphatic heterocycles. The highest BCUT2D eigenvalue weighted by atomic mass is 32.2. The van der Waals surface area contributed by atoms with E-state index < -0.39 is 9.84 Å². The molecule has 0 radical (unpaired) electrons. The van der Waals surface area contributed by atoms with Gasteiger partial charge in [0, 0.05) is 0 Å². The number of allylic oxidation sites excluding steroid dienone is 1. The number of benzene rings is 2. The number of aryl methyl sites for hydroxylation is 1. The van der Waals surface area contributed by atoms with E-state index in [0.717, 1.165) is 11.1 Å². The maximum absolute atomic E-state index is 12.3. The molecule has 0 unspecified atom stereocenters. The Bertz CT molecular complexity index is 810. The van der Waals surface area contributed by atoms with E-state index in [4.69, 9.17) is 0 Å². The van der Waals surface area contributed by atoms with Gasteiger partial charge in [-0.25, -0.2) is 8.42 Å². The summed E-state index contributed by atoms with van der Waals surface area (Å²) in [5.41, 5.74) is 2.93. The van der Waals surface area contributed by atoms with Crippen LogP contribution < -0.4 is 0 Å². The molecular formula is C17H14O2S. The maximum Gasteiger partial charge on any atom is 0.207 e. The average Bonchev–Trinajstić information content (AvgIpc) is 2.70. The number of rotatable bonds is 2. The van der Waals surface area contributed by atoms with Crippen LogP contribution in [0.3, 0.4) is 0 Å². The summed E-state index contributed by atoms with van der Waals surface area (Å²) in [5, 5.41) is 0. The van der Waals surface area contributed by atoms with Crippen LogP contribution in [0.25, 0.3) is 12.2 Å². The Morgan fingerprint density at radius 2 is 1.60 bits per heavy atom. The van der Waals surface area contributed by atoms with Gasteiger partial charge in [0.25, 0.3) is 0 Å². The van der Waals surface area contributed by atoms with Gasteiger partial charge in [-0.3, -0.25) is 0 Å². The summed E-state index contributed by atoms with van der Waals surface area (Å²) in [5.74, 6) is 0. The zero-order chi connectivity index (χ0) is 14.2. The summed E-state index contributed by atoms with van der Waals surface area (Å²) in [6, 6.07) is 15.0. The summed E-state index contributed by atoms with van der Waals surface area (Å²) in [4.78, 5) is 0.739. The van der Waals surface area contributed by atoms with Gasteiger partial charge in [-0.2, -0.15) is 0 Å². The van der Waals surface area contributed by atoms with Crippen molar-refractivity contribution >= 4 is 22.0 Å².